The lowest BCUT2D eigenvalue weighted by Crippen LogP contribution is -2.24. The summed E-state index contributed by atoms with van der Waals surface area (Å²) >= 11 is 0. The Bertz CT molecular complexity index is 325. The van der Waals surface area contributed by atoms with Crippen LogP contribution < -0.4 is 5.32 Å². The van der Waals surface area contributed by atoms with Crippen LogP contribution >= 0.6 is 0 Å². The molecule has 0 bridgehead atoms. The van der Waals surface area contributed by atoms with Crippen molar-refractivity contribution in [3.8, 4) is 0 Å². The van der Waals surface area contributed by atoms with Gasteiger partial charge >= 0.3 is 0 Å². The lowest BCUT2D eigenvalue weighted by atomic mass is 9.98. The molecule has 1 N–H and O–H groups in total. The molecule has 0 aliphatic carbocycles. The smallest absolute Gasteiger partial charge is 0.0537 e. The Balaban J connectivity index is 2.64. The van der Waals surface area contributed by atoms with E-state index in [0.717, 1.165) is 32.5 Å². The Kier molecular flexibility index (Phi) is 6.98. The average Bonchev–Trinajstić information content (AvgIpc) is 2.83. The highest BCUT2D eigenvalue weighted by molar-refractivity contribution is 5.10. The first kappa shape index (κ1) is 15.2. The number of ether oxygens (including phenoxy) is 1. The average molecular weight is 253 g/mol. The normalized spacial score (nSPS) is 14.7. The first-order valence-corrected chi connectivity index (χ1v) is 6.95. The maximum atomic E-state index is 5.22. The van der Waals surface area contributed by atoms with Crippen molar-refractivity contribution in [1.29, 1.82) is 0 Å². The molecule has 0 aliphatic rings. The predicted octanol–water partition coefficient (Wildman–Crippen LogP) is 2.62. The van der Waals surface area contributed by atoms with Crippen LogP contribution in [-0.4, -0.2) is 30.0 Å². The van der Waals surface area contributed by atoms with Crippen molar-refractivity contribution in [3.05, 3.63) is 18.0 Å². The molecular weight excluding hydrogens is 226 g/mol. The molecule has 0 aliphatic heterocycles. The summed E-state index contributed by atoms with van der Waals surface area (Å²) in [6.45, 7) is 9.31. The minimum Gasteiger partial charge on any atom is -0.384 e. The molecule has 1 rings (SSSR count). The summed E-state index contributed by atoms with van der Waals surface area (Å²) in [7, 11) is 1.76. The molecule has 0 spiro atoms. The van der Waals surface area contributed by atoms with Gasteiger partial charge in [-0.2, -0.15) is 5.10 Å². The van der Waals surface area contributed by atoms with Gasteiger partial charge in [0.05, 0.1) is 6.20 Å². The number of nitrogens with zero attached hydrogens (tertiary/aromatic N) is 2. The third-order valence-electron chi connectivity index (χ3n) is 3.11. The Labute approximate surface area is 111 Å². The number of aromatic nitrogens is 2. The molecule has 1 aromatic rings. The van der Waals surface area contributed by atoms with Gasteiger partial charge in [0.25, 0.3) is 0 Å². The second-order valence-corrected chi connectivity index (χ2v) is 4.93. The molecule has 2 atom stereocenters. The van der Waals surface area contributed by atoms with Crippen molar-refractivity contribution < 1.29 is 4.74 Å². The zero-order valence-electron chi connectivity index (χ0n) is 12.1. The van der Waals surface area contributed by atoms with Crippen LogP contribution in [-0.2, 0) is 11.3 Å². The second kappa shape index (κ2) is 8.27. The van der Waals surface area contributed by atoms with Gasteiger partial charge in [-0.3, -0.25) is 4.68 Å². The molecule has 2 unspecified atom stereocenters. The van der Waals surface area contributed by atoms with Crippen molar-refractivity contribution in [2.45, 2.75) is 46.2 Å². The zero-order valence-corrected chi connectivity index (χ0v) is 12.1. The number of hydrogen-bond donors (Lipinski definition) is 1. The number of hydrogen-bond acceptors (Lipinski definition) is 3. The molecule has 0 radical (unpaired) electrons. The largest absolute Gasteiger partial charge is 0.384 e. The first-order chi connectivity index (χ1) is 8.71. The lowest BCUT2D eigenvalue weighted by molar-refractivity contribution is 0.149. The molecule has 0 saturated carbocycles. The molecule has 18 heavy (non-hydrogen) atoms. The van der Waals surface area contributed by atoms with Crippen molar-refractivity contribution in [2.75, 3.05) is 20.3 Å². The third kappa shape index (κ3) is 4.78. The highest BCUT2D eigenvalue weighted by Gasteiger charge is 2.16. The van der Waals surface area contributed by atoms with Crippen molar-refractivity contribution in [2.24, 2.45) is 5.92 Å². The molecule has 1 heterocycles. The minimum absolute atomic E-state index is 0.385. The minimum atomic E-state index is 0.385. The van der Waals surface area contributed by atoms with Crippen LogP contribution in [0.2, 0.25) is 0 Å². The van der Waals surface area contributed by atoms with Crippen LogP contribution in [0.3, 0.4) is 0 Å². The maximum Gasteiger partial charge on any atom is 0.0537 e. The SMILES string of the molecule is CCCNC(CC(C)COC)c1cnn(CC)c1. The summed E-state index contributed by atoms with van der Waals surface area (Å²) < 4.78 is 7.21. The summed E-state index contributed by atoms with van der Waals surface area (Å²) in [6, 6.07) is 0.385. The van der Waals surface area contributed by atoms with E-state index in [0.29, 0.717) is 12.0 Å². The van der Waals surface area contributed by atoms with Crippen LogP contribution in [0.25, 0.3) is 0 Å². The van der Waals surface area contributed by atoms with E-state index in [9.17, 15) is 0 Å². The second-order valence-electron chi connectivity index (χ2n) is 4.93. The summed E-state index contributed by atoms with van der Waals surface area (Å²) in [5, 5.41) is 7.97. The topological polar surface area (TPSA) is 39.1 Å². The maximum absolute atomic E-state index is 5.22. The Hall–Kier alpha value is -0.870. The Morgan fingerprint density at radius 3 is 2.78 bits per heavy atom. The molecule has 104 valence electrons. The van der Waals surface area contributed by atoms with Gasteiger partial charge in [-0.05, 0) is 32.2 Å². The standard InChI is InChI=1S/C14H27N3O/c1-5-7-15-14(8-12(3)11-18-4)13-9-16-17(6-2)10-13/h9-10,12,14-15H,5-8,11H2,1-4H3. The van der Waals surface area contributed by atoms with Gasteiger partial charge in [0.2, 0.25) is 0 Å². The third-order valence-corrected chi connectivity index (χ3v) is 3.11. The van der Waals surface area contributed by atoms with E-state index >= 15 is 0 Å². The van der Waals surface area contributed by atoms with Crippen LogP contribution in [0.4, 0.5) is 0 Å². The first-order valence-electron chi connectivity index (χ1n) is 6.95. The number of rotatable bonds is 9. The summed E-state index contributed by atoms with van der Waals surface area (Å²) in [5.41, 5.74) is 1.29. The van der Waals surface area contributed by atoms with Crippen LogP contribution in [0.15, 0.2) is 12.4 Å². The highest BCUT2D eigenvalue weighted by Crippen LogP contribution is 2.21. The molecule has 1 aromatic heterocycles. The Morgan fingerprint density at radius 2 is 2.22 bits per heavy atom. The van der Waals surface area contributed by atoms with E-state index in [1.165, 1.54) is 5.56 Å². The fourth-order valence-electron chi connectivity index (χ4n) is 2.14. The molecule has 0 fully saturated rings. The summed E-state index contributed by atoms with van der Waals surface area (Å²) in [4.78, 5) is 0. The van der Waals surface area contributed by atoms with Crippen molar-refractivity contribution in [1.82, 2.24) is 15.1 Å². The molecule has 0 aromatic carbocycles. The van der Waals surface area contributed by atoms with Gasteiger partial charge in [-0.15, -0.1) is 0 Å². The fraction of sp³-hybridized carbons (Fsp3) is 0.786. The number of methoxy groups -OCH3 is 1. The van der Waals surface area contributed by atoms with Crippen molar-refractivity contribution in [3.63, 3.8) is 0 Å². The molecule has 4 nitrogen and oxygen atoms in total. The number of nitrogens with one attached hydrogen (secondary N) is 1. The quantitative estimate of drug-likeness (QED) is 0.735. The van der Waals surface area contributed by atoms with E-state index < -0.39 is 0 Å². The molecule has 4 heteroatoms. The van der Waals surface area contributed by atoms with Crippen LogP contribution in [0, 0.1) is 5.92 Å². The van der Waals surface area contributed by atoms with E-state index in [4.69, 9.17) is 4.74 Å². The van der Waals surface area contributed by atoms with Crippen molar-refractivity contribution >= 4 is 0 Å². The Morgan fingerprint density at radius 1 is 1.44 bits per heavy atom. The number of aryl methyl sites for hydroxylation is 1. The zero-order chi connectivity index (χ0) is 13.4. The molecule has 0 saturated heterocycles. The lowest BCUT2D eigenvalue weighted by Gasteiger charge is -2.21. The summed E-state index contributed by atoms with van der Waals surface area (Å²) in [6.07, 6.45) is 6.36. The van der Waals surface area contributed by atoms with E-state index in [1.807, 2.05) is 10.9 Å². The predicted molar refractivity (Wildman–Crippen MR) is 74.6 cm³/mol. The fourth-order valence-corrected chi connectivity index (χ4v) is 2.14. The van der Waals surface area contributed by atoms with Gasteiger partial charge < -0.3 is 10.1 Å². The van der Waals surface area contributed by atoms with E-state index in [-0.39, 0.29) is 0 Å². The van der Waals surface area contributed by atoms with E-state index in [2.05, 4.69) is 37.4 Å². The highest BCUT2D eigenvalue weighted by atomic mass is 16.5. The van der Waals surface area contributed by atoms with Gasteiger partial charge in [0, 0.05) is 38.1 Å². The van der Waals surface area contributed by atoms with Gasteiger partial charge in [0.15, 0.2) is 0 Å². The molecular formula is C14H27N3O. The molecule has 0 amide bonds. The van der Waals surface area contributed by atoms with E-state index in [1.54, 1.807) is 7.11 Å². The van der Waals surface area contributed by atoms with Crippen LogP contribution in [0.1, 0.15) is 45.2 Å². The van der Waals surface area contributed by atoms with Gasteiger partial charge in [-0.1, -0.05) is 13.8 Å². The van der Waals surface area contributed by atoms with Crippen LogP contribution in [0.5, 0.6) is 0 Å². The monoisotopic (exact) mass is 253 g/mol. The summed E-state index contributed by atoms with van der Waals surface area (Å²) in [5.74, 6) is 0.550. The van der Waals surface area contributed by atoms with Gasteiger partial charge in [0.1, 0.15) is 0 Å². The van der Waals surface area contributed by atoms with Gasteiger partial charge in [-0.25, -0.2) is 0 Å².